The van der Waals surface area contributed by atoms with Gasteiger partial charge < -0.3 is 16.2 Å². The van der Waals surface area contributed by atoms with Crippen molar-refractivity contribution in [3.8, 4) is 0 Å². The van der Waals surface area contributed by atoms with Crippen LogP contribution >= 0.6 is 0 Å². The van der Waals surface area contributed by atoms with Crippen LogP contribution in [0.4, 0.5) is 11.4 Å². The summed E-state index contributed by atoms with van der Waals surface area (Å²) in [6, 6.07) is 25.3. The summed E-state index contributed by atoms with van der Waals surface area (Å²) in [5.41, 5.74) is 8.97. The Morgan fingerprint density at radius 2 is 1.22 bits per heavy atom. The average molecular weight is 770 g/mol. The van der Waals surface area contributed by atoms with Gasteiger partial charge in [0.1, 0.15) is 0 Å². The van der Waals surface area contributed by atoms with Crippen molar-refractivity contribution in [2.45, 2.75) is 0 Å². The minimum Gasteiger partial charge on any atom is -0.476 e. The fourth-order valence-corrected chi connectivity index (χ4v) is 3.36. The number of hydrogen-bond acceptors (Lipinski definition) is 9. The maximum absolute atomic E-state index is 12.0. The molecule has 0 aliphatic heterocycles. The van der Waals surface area contributed by atoms with Gasteiger partial charge in [-0.15, -0.1) is 10.2 Å². The number of nitrogen functional groups attached to an aromatic ring is 1. The minimum absolute atomic E-state index is 0. The monoisotopic (exact) mass is 770 g/mol. The third-order valence-corrected chi connectivity index (χ3v) is 5.14. The van der Waals surface area contributed by atoms with Crippen molar-refractivity contribution >= 4 is 53.4 Å². The normalized spacial score (nSPS) is 9.61. The molecule has 11 nitrogen and oxygen atoms in total. The van der Waals surface area contributed by atoms with Crippen molar-refractivity contribution in [1.29, 1.82) is 1.34 Å². The second-order valence-electron chi connectivity index (χ2n) is 7.78. The number of rotatable bonds is 3. The molecular formula is C28H23BN8O3U. The Hall–Kier alpha value is -4.72. The molecule has 0 saturated carbocycles. The number of benzene rings is 2. The number of para-hydroxylation sites is 2. The summed E-state index contributed by atoms with van der Waals surface area (Å²) in [7, 11) is 3.75. The number of anilines is 2. The third-order valence-electron chi connectivity index (χ3n) is 5.14. The van der Waals surface area contributed by atoms with Crippen LogP contribution in [0.2, 0.25) is 0 Å². The number of aromatic nitrogens is 6. The number of nitrogens with zero attached hydrogens (tertiary/aromatic N) is 6. The molecule has 4 aromatic heterocycles. The molecule has 0 unspecified atom stereocenters. The predicted molar refractivity (Wildman–Crippen MR) is 154 cm³/mol. The smallest absolute Gasteiger partial charge is 0.356 e. The second-order valence-corrected chi connectivity index (χ2v) is 7.78. The summed E-state index contributed by atoms with van der Waals surface area (Å²) in [6.07, 6.45) is 6.39. The number of nitrogens with two attached hydrogens (primary N) is 1. The number of fused-ring (bicyclic) bond motifs is 2. The molecule has 0 spiro atoms. The molecule has 0 bridgehead atoms. The summed E-state index contributed by atoms with van der Waals surface area (Å²) in [5.74, 6) is -1.35. The summed E-state index contributed by atoms with van der Waals surface area (Å²) in [4.78, 5) is 30.5. The van der Waals surface area contributed by atoms with E-state index in [1.165, 1.54) is 24.5 Å². The van der Waals surface area contributed by atoms with Gasteiger partial charge in [0.05, 0.1) is 22.4 Å². The van der Waals surface area contributed by atoms with Gasteiger partial charge in [-0.25, -0.2) is 4.79 Å². The molecule has 200 valence electrons. The molecule has 0 saturated heterocycles. The Bertz CT molecular complexity index is 1710. The largest absolute Gasteiger partial charge is 0.476 e. The van der Waals surface area contributed by atoms with Gasteiger partial charge in [0.2, 0.25) is 0 Å². The molecule has 0 atom stereocenters. The Kier molecular flexibility index (Phi) is 12.3. The van der Waals surface area contributed by atoms with Crippen LogP contribution in [0.25, 0.3) is 21.8 Å². The van der Waals surface area contributed by atoms with Gasteiger partial charge in [0, 0.05) is 75.0 Å². The fraction of sp³-hybridized carbons (Fsp3) is 0. The van der Waals surface area contributed by atoms with Crippen molar-refractivity contribution in [3.05, 3.63) is 121 Å². The van der Waals surface area contributed by atoms with E-state index in [1.807, 2.05) is 60.7 Å². The molecule has 2 aromatic carbocycles. The summed E-state index contributed by atoms with van der Waals surface area (Å²) in [5, 5.41) is 27.3. The molecular weight excluding hydrogens is 745 g/mol. The SMILES string of the molecule is Nc1cccc2cccnc12.O=C(Nc1cccc2cccnc12)c1cccnn1.O=C(O)c1cccnn1.[3H][B].[U]. The number of amides is 1. The molecule has 4 heterocycles. The molecule has 0 aliphatic carbocycles. The van der Waals surface area contributed by atoms with E-state index in [0.717, 1.165) is 27.5 Å². The summed E-state index contributed by atoms with van der Waals surface area (Å²) < 4.78 is 5.25. The number of carbonyl (C=O) groups excluding carboxylic acids is 1. The number of carboxylic acid groups (broad SMARTS) is 1. The Morgan fingerprint density at radius 1 is 0.707 bits per heavy atom. The molecule has 4 N–H and O–H groups in total. The van der Waals surface area contributed by atoms with E-state index < -0.39 is 5.97 Å². The molecule has 0 fully saturated rings. The van der Waals surface area contributed by atoms with E-state index in [-0.39, 0.29) is 48.4 Å². The average Bonchev–Trinajstić information content (AvgIpc) is 3.04. The molecule has 6 rings (SSSR count). The van der Waals surface area contributed by atoms with Crippen LogP contribution in [-0.2, 0) is 0 Å². The first-order valence-electron chi connectivity index (χ1n) is 12.1. The number of carbonyl (C=O) groups is 2. The zero-order valence-electron chi connectivity index (χ0n) is 22.5. The van der Waals surface area contributed by atoms with Crippen molar-refractivity contribution < 1.29 is 45.8 Å². The van der Waals surface area contributed by atoms with E-state index in [4.69, 9.17) is 12.2 Å². The van der Waals surface area contributed by atoms with Crippen LogP contribution in [-0.4, -0.2) is 57.1 Å². The van der Waals surface area contributed by atoms with Crippen molar-refractivity contribution in [2.24, 2.45) is 0 Å². The fourth-order valence-electron chi connectivity index (χ4n) is 3.36. The van der Waals surface area contributed by atoms with Gasteiger partial charge in [0.25, 0.3) is 5.91 Å². The number of pyridine rings is 2. The standard InChI is InChI=1S/C14H10N4O.C9H8N2.C5H4N2O2.BH.U/c19-14(12-7-3-9-16-18-12)17-11-6-1-4-10-5-2-8-15-13(10)11;10-8-5-1-3-7-4-2-6-11-9(7)8;8-5(9)4-2-1-3-6-7-4;;/h1-9H,(H,17,19);1-6H,10H2;1-3H,(H,8,9);1H;/i;;;1T;. The first-order chi connectivity index (χ1) is 20.0. The quantitative estimate of drug-likeness (QED) is 0.179. The number of nitrogens with one attached hydrogen (secondary N) is 1. The van der Waals surface area contributed by atoms with E-state index >= 15 is 0 Å². The minimum atomic E-state index is -1.05. The number of carboxylic acids is 1. The van der Waals surface area contributed by atoms with Crippen LogP contribution in [0.1, 0.15) is 21.0 Å². The van der Waals surface area contributed by atoms with Gasteiger partial charge in [-0.05, 0) is 49.9 Å². The number of aromatic carboxylic acids is 1. The van der Waals surface area contributed by atoms with Gasteiger partial charge in [0.15, 0.2) is 11.4 Å². The zero-order valence-corrected chi connectivity index (χ0v) is 25.7. The van der Waals surface area contributed by atoms with Crippen LogP contribution in [0.5, 0.6) is 0 Å². The predicted octanol–water partition coefficient (Wildman–Crippen LogP) is 3.62. The summed E-state index contributed by atoms with van der Waals surface area (Å²) in [6.45, 7) is 0. The first-order valence-corrected chi connectivity index (χ1v) is 11.6. The van der Waals surface area contributed by atoms with Crippen LogP contribution < -0.4 is 11.1 Å². The maximum atomic E-state index is 12.0. The number of hydrogen-bond donors (Lipinski definition) is 3. The molecule has 41 heavy (non-hydrogen) atoms. The molecule has 13 heteroatoms. The summed E-state index contributed by atoms with van der Waals surface area (Å²) >= 11 is 0. The van der Waals surface area contributed by atoms with Crippen LogP contribution in [0.3, 0.4) is 0 Å². The molecule has 6 aromatic rings. The Balaban J connectivity index is 0.000000229. The maximum Gasteiger partial charge on any atom is 0.356 e. The Labute approximate surface area is 262 Å². The van der Waals surface area contributed by atoms with Crippen molar-refractivity contribution in [3.63, 3.8) is 0 Å². The topological polar surface area (TPSA) is 170 Å². The van der Waals surface area contributed by atoms with Gasteiger partial charge in [-0.1, -0.05) is 36.4 Å². The van der Waals surface area contributed by atoms with Crippen LogP contribution in [0.15, 0.2) is 110 Å². The van der Waals surface area contributed by atoms with Crippen molar-refractivity contribution in [1.82, 2.24) is 30.4 Å². The second kappa shape index (κ2) is 16.4. The molecule has 0 aliphatic rings. The van der Waals surface area contributed by atoms with E-state index in [0.29, 0.717) is 5.69 Å². The first kappa shape index (κ1) is 30.8. The van der Waals surface area contributed by atoms with E-state index in [2.05, 4.69) is 44.1 Å². The van der Waals surface area contributed by atoms with E-state index in [1.54, 1.807) is 24.5 Å². The van der Waals surface area contributed by atoms with E-state index in [9.17, 15) is 9.59 Å². The van der Waals surface area contributed by atoms with Gasteiger partial charge in [-0.2, -0.15) is 10.2 Å². The molecule has 2 radical (unpaired) electrons. The Morgan fingerprint density at radius 3 is 1.76 bits per heavy atom. The van der Waals surface area contributed by atoms with Gasteiger partial charge >= 0.3 is 5.97 Å². The van der Waals surface area contributed by atoms with Gasteiger partial charge in [-0.3, -0.25) is 14.8 Å². The van der Waals surface area contributed by atoms with Crippen LogP contribution in [0, 0.1) is 31.1 Å². The molecule has 1 amide bonds. The third kappa shape index (κ3) is 9.17. The zero-order chi connectivity index (χ0) is 29.5. The van der Waals surface area contributed by atoms with Crippen molar-refractivity contribution in [2.75, 3.05) is 11.1 Å².